The molecule has 0 aliphatic rings. The van der Waals surface area contributed by atoms with Gasteiger partial charge in [-0.1, -0.05) is 0 Å². The van der Waals surface area contributed by atoms with Gasteiger partial charge in [-0.25, -0.2) is 4.39 Å². The lowest BCUT2D eigenvalue weighted by molar-refractivity contribution is 0.551. The van der Waals surface area contributed by atoms with Gasteiger partial charge >= 0.3 is 10.2 Å². The number of halogens is 3. The van der Waals surface area contributed by atoms with Crippen LogP contribution >= 0.6 is 22.6 Å². The van der Waals surface area contributed by atoms with E-state index < -0.39 is 20.9 Å². The van der Waals surface area contributed by atoms with Crippen molar-refractivity contribution in [2.75, 3.05) is 0 Å². The third-order valence-corrected chi connectivity index (χ3v) is 2.82. The molecular weight excluding hydrogens is 301 g/mol. The third kappa shape index (κ3) is 2.13. The van der Waals surface area contributed by atoms with E-state index in [1.54, 1.807) is 22.6 Å². The van der Waals surface area contributed by atoms with E-state index >= 15 is 0 Å². The van der Waals surface area contributed by atoms with Crippen molar-refractivity contribution in [3.8, 4) is 0 Å². The van der Waals surface area contributed by atoms with Gasteiger partial charge in [0.2, 0.25) is 0 Å². The quantitative estimate of drug-likeness (QED) is 0.588. The molecule has 0 atom stereocenters. The fourth-order valence-corrected chi connectivity index (χ4v) is 1.84. The van der Waals surface area contributed by atoms with Crippen LogP contribution in [0.25, 0.3) is 0 Å². The van der Waals surface area contributed by atoms with Gasteiger partial charge in [0.15, 0.2) is 0 Å². The van der Waals surface area contributed by atoms with Crippen molar-refractivity contribution in [1.29, 1.82) is 0 Å². The highest BCUT2D eigenvalue weighted by Gasteiger charge is 2.13. The molecule has 0 fully saturated rings. The van der Waals surface area contributed by atoms with E-state index in [0.29, 0.717) is 0 Å². The summed E-state index contributed by atoms with van der Waals surface area (Å²) in [5, 5.41) is 0. The summed E-state index contributed by atoms with van der Waals surface area (Å²) in [7, 11) is -4.71. The second-order valence-electron chi connectivity index (χ2n) is 2.01. The Morgan fingerprint density at radius 1 is 1.33 bits per heavy atom. The number of hydrogen-bond donors (Lipinski definition) is 0. The predicted molar refractivity (Wildman–Crippen MR) is 47.4 cm³/mol. The van der Waals surface area contributed by atoms with Crippen LogP contribution in [0.3, 0.4) is 0 Å². The first kappa shape index (κ1) is 9.85. The van der Waals surface area contributed by atoms with Crippen LogP contribution in [0.15, 0.2) is 23.1 Å². The lowest BCUT2D eigenvalue weighted by Crippen LogP contribution is -1.93. The van der Waals surface area contributed by atoms with Crippen molar-refractivity contribution >= 4 is 32.8 Å². The maximum atomic E-state index is 12.6. The summed E-state index contributed by atoms with van der Waals surface area (Å²) in [6.45, 7) is 0. The van der Waals surface area contributed by atoms with E-state index in [0.717, 1.165) is 18.2 Å². The summed E-state index contributed by atoms with van der Waals surface area (Å²) in [5.41, 5.74) is 0. The van der Waals surface area contributed by atoms with Gasteiger partial charge in [0, 0.05) is 0 Å². The zero-order valence-corrected chi connectivity index (χ0v) is 8.56. The zero-order chi connectivity index (χ0) is 9.35. The minimum atomic E-state index is -4.71. The van der Waals surface area contributed by atoms with Crippen LogP contribution in [0.5, 0.6) is 0 Å². The van der Waals surface area contributed by atoms with Gasteiger partial charge in [-0.3, -0.25) is 0 Å². The molecule has 0 saturated carbocycles. The largest absolute Gasteiger partial charge is 0.332 e. The molecule has 0 spiro atoms. The van der Waals surface area contributed by atoms with E-state index in [4.69, 9.17) is 0 Å². The Balaban J connectivity index is 3.33. The molecule has 0 aliphatic carbocycles. The molecule has 0 aliphatic heterocycles. The highest BCUT2D eigenvalue weighted by molar-refractivity contribution is 14.1. The van der Waals surface area contributed by atoms with Crippen molar-refractivity contribution in [1.82, 2.24) is 0 Å². The first-order valence-corrected chi connectivity index (χ1v) is 5.27. The molecule has 12 heavy (non-hydrogen) atoms. The number of benzene rings is 1. The van der Waals surface area contributed by atoms with E-state index in [1.165, 1.54) is 0 Å². The van der Waals surface area contributed by atoms with Gasteiger partial charge in [0.05, 0.1) is 8.47 Å². The molecule has 6 heteroatoms. The van der Waals surface area contributed by atoms with Gasteiger partial charge in [0.1, 0.15) is 5.82 Å². The Bertz CT molecular complexity index is 402. The zero-order valence-electron chi connectivity index (χ0n) is 5.59. The summed E-state index contributed by atoms with van der Waals surface area (Å²) in [6.07, 6.45) is 0. The molecule has 66 valence electrons. The molecule has 0 saturated heterocycles. The van der Waals surface area contributed by atoms with Crippen LogP contribution in [-0.2, 0) is 10.2 Å². The smallest absolute Gasteiger partial charge is 0.206 e. The minimum absolute atomic E-state index is 0.0753. The minimum Gasteiger partial charge on any atom is -0.206 e. The molecule has 1 rings (SSSR count). The lowest BCUT2D eigenvalue weighted by Gasteiger charge is -1.96. The Morgan fingerprint density at radius 2 is 1.92 bits per heavy atom. The van der Waals surface area contributed by atoms with Crippen LogP contribution in [0, 0.1) is 9.39 Å². The number of rotatable bonds is 1. The molecule has 0 radical (unpaired) electrons. The first-order valence-electron chi connectivity index (χ1n) is 2.81. The molecule has 0 heterocycles. The summed E-state index contributed by atoms with van der Waals surface area (Å²) >= 11 is 1.58. The van der Waals surface area contributed by atoms with Gasteiger partial charge < -0.3 is 0 Å². The van der Waals surface area contributed by atoms with Crippen LogP contribution in [-0.4, -0.2) is 8.42 Å². The summed E-state index contributed by atoms with van der Waals surface area (Å²) in [5.74, 6) is -0.567. The molecule has 1 aromatic rings. The average Bonchev–Trinajstić information content (AvgIpc) is 1.92. The van der Waals surface area contributed by atoms with Crippen molar-refractivity contribution < 1.29 is 16.7 Å². The van der Waals surface area contributed by atoms with Gasteiger partial charge in [0.25, 0.3) is 0 Å². The maximum absolute atomic E-state index is 12.6. The molecule has 0 N–H and O–H groups in total. The monoisotopic (exact) mass is 304 g/mol. The predicted octanol–water partition coefficient (Wildman–Crippen LogP) is 2.09. The average molecular weight is 304 g/mol. The van der Waals surface area contributed by atoms with Crippen LogP contribution in [0.4, 0.5) is 8.28 Å². The molecule has 2 nitrogen and oxygen atoms in total. The molecule has 0 aromatic heterocycles. The summed E-state index contributed by atoms with van der Waals surface area (Å²) < 4.78 is 45.5. The molecule has 0 amide bonds. The maximum Gasteiger partial charge on any atom is 0.332 e. The number of hydrogen-bond acceptors (Lipinski definition) is 2. The van der Waals surface area contributed by atoms with Crippen molar-refractivity contribution in [2.45, 2.75) is 4.90 Å². The summed E-state index contributed by atoms with van der Waals surface area (Å²) in [6, 6.07) is 2.73. The molecule has 0 bridgehead atoms. The van der Waals surface area contributed by atoms with Crippen molar-refractivity contribution in [3.05, 3.63) is 27.6 Å². The summed E-state index contributed by atoms with van der Waals surface area (Å²) in [4.78, 5) is -0.520. The molecular formula is C6H3F2IO2S. The van der Waals surface area contributed by atoms with Gasteiger partial charge in [-0.15, -0.1) is 3.89 Å². The van der Waals surface area contributed by atoms with Gasteiger partial charge in [-0.05, 0) is 40.8 Å². The second-order valence-corrected chi connectivity index (χ2v) is 4.52. The van der Waals surface area contributed by atoms with E-state index in [2.05, 4.69) is 0 Å². The van der Waals surface area contributed by atoms with Crippen molar-refractivity contribution in [2.24, 2.45) is 0 Å². The van der Waals surface area contributed by atoms with Crippen LogP contribution in [0.1, 0.15) is 0 Å². The molecule has 1 aromatic carbocycles. The van der Waals surface area contributed by atoms with Crippen LogP contribution < -0.4 is 0 Å². The fourth-order valence-electron chi connectivity index (χ4n) is 0.629. The second kappa shape index (κ2) is 3.25. The Kier molecular flexibility index (Phi) is 2.67. The Labute approximate surface area is 81.9 Å². The van der Waals surface area contributed by atoms with Crippen molar-refractivity contribution in [3.63, 3.8) is 0 Å². The third-order valence-electron chi connectivity index (χ3n) is 1.17. The highest BCUT2D eigenvalue weighted by Crippen LogP contribution is 2.17. The lowest BCUT2D eigenvalue weighted by atomic mass is 10.3. The Morgan fingerprint density at radius 3 is 2.33 bits per heavy atom. The molecule has 0 unspecified atom stereocenters. The standard InChI is InChI=1S/C6H3F2IO2S/c7-5-2-1-4(3-6(5)9)12(8,10)11/h1-3H. The van der Waals surface area contributed by atoms with Crippen LogP contribution in [0.2, 0.25) is 0 Å². The van der Waals surface area contributed by atoms with Gasteiger partial charge in [-0.2, -0.15) is 8.42 Å². The topological polar surface area (TPSA) is 34.1 Å². The fraction of sp³-hybridized carbons (Fsp3) is 0. The first-order chi connectivity index (χ1) is 5.41. The van der Waals surface area contributed by atoms with E-state index in [-0.39, 0.29) is 3.57 Å². The normalized spacial score (nSPS) is 11.6. The van der Waals surface area contributed by atoms with E-state index in [1.807, 2.05) is 0 Å². The Hall–Kier alpha value is -0.240. The SMILES string of the molecule is O=S(=O)(F)c1ccc(F)c(I)c1. The highest BCUT2D eigenvalue weighted by atomic mass is 127. The van der Waals surface area contributed by atoms with E-state index in [9.17, 15) is 16.7 Å².